The number of nitrogens with one attached hydrogen (secondary N) is 1. The Morgan fingerprint density at radius 1 is 0.653 bits per heavy atom. The van der Waals surface area contributed by atoms with Crippen LogP contribution in [-0.2, 0) is 57.0 Å². The van der Waals surface area contributed by atoms with E-state index in [1.54, 1.807) is 0 Å². The fraction of sp³-hybridized carbons (Fsp3) is 0.839. The predicted octanol–water partition coefficient (Wildman–Crippen LogP) is 4.55. The lowest BCUT2D eigenvalue weighted by atomic mass is 9.89. The molecule has 4 heterocycles. The average Bonchev–Trinajstić information content (AvgIpc) is 3.46. The number of hydrogen-bond donors (Lipinski definition) is 3. The van der Waals surface area contributed by atoms with Crippen LogP contribution in [0.2, 0.25) is 0 Å². The van der Waals surface area contributed by atoms with Gasteiger partial charge in [-0.2, -0.15) is 0 Å². The van der Waals surface area contributed by atoms with Gasteiger partial charge in [-0.15, -0.1) is 0 Å². The van der Waals surface area contributed by atoms with E-state index in [0.29, 0.717) is 64.0 Å². The number of methoxy groups -OCH3 is 1. The summed E-state index contributed by atoms with van der Waals surface area (Å²) in [6, 6.07) is -0.0741. The number of hydrogen-bond acceptors (Lipinski definition) is 16. The molecule has 436 valence electrons. The molecule has 1 aromatic heterocycles. The van der Waals surface area contributed by atoms with Gasteiger partial charge in [-0.3, -0.25) is 9.59 Å². The Bertz CT molecular complexity index is 1680. The number of carbonyl (C=O) groups is 4. The molecule has 12 atom stereocenters. The van der Waals surface area contributed by atoms with Crippen LogP contribution in [-0.4, -0.2) is 149 Å². The number of amides is 1. The lowest BCUT2D eigenvalue weighted by Gasteiger charge is -2.31. The zero-order valence-electron chi connectivity index (χ0n) is 48.2. The Balaban J connectivity index is 0.000000579. The molecule has 0 saturated carbocycles. The number of carbonyl (C=O) groups excluding carboxylic acids is 4. The topological polar surface area (TPSA) is 233 Å². The quantitative estimate of drug-likeness (QED) is 0.113. The van der Waals surface area contributed by atoms with Crippen molar-refractivity contribution in [1.82, 2.24) is 10.3 Å². The molecule has 0 spiro atoms. The van der Waals surface area contributed by atoms with Gasteiger partial charge in [0.05, 0.1) is 64.4 Å². The van der Waals surface area contributed by atoms with Crippen molar-refractivity contribution in [2.75, 3.05) is 66.6 Å². The summed E-state index contributed by atoms with van der Waals surface area (Å²) in [5, 5.41) is 12.7. The van der Waals surface area contributed by atoms with Crippen LogP contribution in [0.4, 0.5) is 0 Å². The molecule has 0 unspecified atom stereocenters. The Morgan fingerprint density at radius 3 is 1.47 bits per heavy atom. The molecular formula is C56H100ClN3O15. The summed E-state index contributed by atoms with van der Waals surface area (Å²) in [4.78, 5) is 53.3. The van der Waals surface area contributed by atoms with Crippen molar-refractivity contribution >= 4 is 23.8 Å². The summed E-state index contributed by atoms with van der Waals surface area (Å²) in [6.07, 6.45) is 9.23. The molecule has 0 aromatic carbocycles. The molecule has 4 rings (SSSR count). The Hall–Kier alpha value is -3.36. The number of cyclic esters (lactones) is 3. The van der Waals surface area contributed by atoms with Gasteiger partial charge in [-0.1, -0.05) is 81.6 Å². The molecule has 3 fully saturated rings. The Kier molecular flexibility index (Phi) is 35.5. The van der Waals surface area contributed by atoms with Gasteiger partial charge < -0.3 is 75.9 Å². The Labute approximate surface area is 456 Å². The molecule has 0 bridgehead atoms. The minimum atomic E-state index is -1.05. The van der Waals surface area contributed by atoms with Crippen LogP contribution in [0, 0.1) is 41.4 Å². The maximum atomic E-state index is 12.8. The maximum absolute atomic E-state index is 12.8. The van der Waals surface area contributed by atoms with E-state index in [2.05, 4.69) is 71.4 Å². The molecular weight excluding hydrogens is 990 g/mol. The number of aromatic nitrogens is 1. The molecule has 1 aromatic rings. The van der Waals surface area contributed by atoms with E-state index in [0.717, 1.165) is 64.4 Å². The monoisotopic (exact) mass is 1090 g/mol. The first-order valence-electron chi connectivity index (χ1n) is 27.7. The third kappa shape index (κ3) is 25.8. The first-order valence-corrected chi connectivity index (χ1v) is 27.7. The van der Waals surface area contributed by atoms with Crippen molar-refractivity contribution in [3.8, 4) is 11.5 Å². The lowest BCUT2D eigenvalue weighted by molar-refractivity contribution is -0.415. The number of rotatable bonds is 21. The number of esters is 3. The van der Waals surface area contributed by atoms with Crippen LogP contribution in [0.5, 0.6) is 11.5 Å². The van der Waals surface area contributed by atoms with Crippen molar-refractivity contribution < 1.29 is 89.8 Å². The van der Waals surface area contributed by atoms with E-state index >= 15 is 0 Å². The summed E-state index contributed by atoms with van der Waals surface area (Å²) in [6.45, 7) is 31.0. The number of aromatic hydroxyl groups is 1. The van der Waals surface area contributed by atoms with E-state index in [1.807, 2.05) is 34.6 Å². The molecule has 5 N–H and O–H groups in total. The number of pyridine rings is 1. The van der Waals surface area contributed by atoms with Gasteiger partial charge in [0.2, 0.25) is 6.04 Å². The standard InChI is InChI=1S/C23H36N2O7.C17H32O4.C16H31NO4.ClH/c1-6-11-31-19-13-30-12-17(23(28)32-15(4)16(19)8-7-14(2)3)25-22(27)20-21(26)18(29-5)9-10-24-20;1-6-9-20-16-11-19-10-13(4)17(18)21-14(5)15(16)8-7-12(2)3;1-5-8-20-15-10-19-9-14(17)16(18)21-12(4)13(15)7-6-11(2)3;/h9-10,14-17,19,26H,6-8,11-13H2,1-5H3,(H,25,27);12-16H,6-11H2,1-5H3;11-15H,5-10,17H2,1-4H3;1H/t15-,16-,17-,19-;13-,14-,15-,16-;12-,13-,14-,15-;/m000./s1. The summed E-state index contributed by atoms with van der Waals surface area (Å²) in [7, 11) is 1.37. The molecule has 3 saturated heterocycles. The van der Waals surface area contributed by atoms with Crippen LogP contribution in [0.1, 0.15) is 158 Å². The molecule has 3 aliphatic heterocycles. The largest absolute Gasteiger partial charge is 1.00 e. The number of ether oxygens (including phenoxy) is 10. The molecule has 19 heteroatoms. The van der Waals surface area contributed by atoms with E-state index < -0.39 is 35.8 Å². The minimum Gasteiger partial charge on any atom is -1.00 e. The van der Waals surface area contributed by atoms with Crippen molar-refractivity contribution in [3.63, 3.8) is 0 Å². The summed E-state index contributed by atoms with van der Waals surface area (Å²) < 4.78 is 57.1. The third-order valence-corrected chi connectivity index (χ3v) is 13.5. The summed E-state index contributed by atoms with van der Waals surface area (Å²) in [5.41, 5.74) is 3.56. The van der Waals surface area contributed by atoms with Crippen molar-refractivity contribution in [2.24, 2.45) is 41.4 Å². The highest BCUT2D eigenvalue weighted by Crippen LogP contribution is 2.30. The van der Waals surface area contributed by atoms with Gasteiger partial charge in [0, 0.05) is 49.8 Å². The molecule has 1 amide bonds. The fourth-order valence-electron chi connectivity index (χ4n) is 8.83. The highest BCUT2D eigenvalue weighted by atomic mass is 35.5. The smallest absolute Gasteiger partial charge is 0.367 e. The van der Waals surface area contributed by atoms with Gasteiger partial charge in [0.15, 0.2) is 23.2 Å². The van der Waals surface area contributed by atoms with E-state index in [4.69, 9.17) is 47.4 Å². The first kappa shape index (κ1) is 69.7. The van der Waals surface area contributed by atoms with Gasteiger partial charge in [-0.25, -0.2) is 14.6 Å². The normalized spacial score (nSPS) is 27.9. The average molecular weight is 1090 g/mol. The molecule has 0 aliphatic carbocycles. The van der Waals surface area contributed by atoms with Crippen LogP contribution in [0.3, 0.4) is 0 Å². The molecule has 3 aliphatic rings. The second kappa shape index (κ2) is 38.2. The molecule has 0 radical (unpaired) electrons. The van der Waals surface area contributed by atoms with E-state index in [-0.39, 0.29) is 96.6 Å². The van der Waals surface area contributed by atoms with Crippen molar-refractivity contribution in [2.45, 2.75) is 197 Å². The van der Waals surface area contributed by atoms with Crippen LogP contribution in [0.25, 0.3) is 0 Å². The summed E-state index contributed by atoms with van der Waals surface area (Å²) >= 11 is 0. The zero-order chi connectivity index (χ0) is 55.3. The maximum Gasteiger partial charge on any atom is 0.367 e. The second-order valence-electron chi connectivity index (χ2n) is 21.5. The van der Waals surface area contributed by atoms with Gasteiger partial charge >= 0.3 is 17.9 Å². The Morgan fingerprint density at radius 2 is 1.05 bits per heavy atom. The molecule has 18 nitrogen and oxygen atoms in total. The second-order valence-corrected chi connectivity index (χ2v) is 21.5. The van der Waals surface area contributed by atoms with Crippen molar-refractivity contribution in [3.05, 3.63) is 18.0 Å². The first-order chi connectivity index (χ1) is 35.2. The minimum absolute atomic E-state index is 0. The lowest BCUT2D eigenvalue weighted by Crippen LogP contribution is -3.00. The van der Waals surface area contributed by atoms with Crippen LogP contribution in [0.15, 0.2) is 12.3 Å². The zero-order valence-corrected chi connectivity index (χ0v) is 49.0. The van der Waals surface area contributed by atoms with Gasteiger partial charge in [-0.05, 0) is 84.0 Å². The number of quaternary nitrogens is 1. The van der Waals surface area contributed by atoms with E-state index in [9.17, 15) is 24.3 Å². The fourth-order valence-corrected chi connectivity index (χ4v) is 8.83. The van der Waals surface area contributed by atoms with Gasteiger partial charge in [0.1, 0.15) is 24.9 Å². The van der Waals surface area contributed by atoms with Gasteiger partial charge in [0.25, 0.3) is 5.91 Å². The van der Waals surface area contributed by atoms with Crippen LogP contribution < -0.4 is 28.2 Å². The number of nitrogens with zero attached hydrogens (tertiary/aromatic N) is 1. The number of halogens is 1. The summed E-state index contributed by atoms with van der Waals surface area (Å²) in [5.74, 6) is -0.143. The van der Waals surface area contributed by atoms with Crippen LogP contribution >= 0.6 is 0 Å². The molecule has 75 heavy (non-hydrogen) atoms. The van der Waals surface area contributed by atoms with Crippen molar-refractivity contribution in [1.29, 1.82) is 0 Å². The predicted molar refractivity (Wildman–Crippen MR) is 281 cm³/mol. The van der Waals surface area contributed by atoms with E-state index in [1.165, 1.54) is 19.4 Å². The highest BCUT2D eigenvalue weighted by Gasteiger charge is 2.38. The SMILES string of the molecule is CCCO[C@H]1COC[C@H](C)C(=O)O[C@@H](C)[C@@H]1CCC(C)C.CCCO[C@H]1COC[C@H](NC(=O)c2nccc(OC)c2O)C(=O)O[C@@H](C)[C@@H]1CCC(C)C.CCCO[C@H]1COC[C@H]([NH3+])C(=O)O[C@@H](C)[C@@H]1CCC(C)C.[Cl-]. The highest BCUT2D eigenvalue weighted by molar-refractivity contribution is 5.98. The third-order valence-electron chi connectivity index (χ3n) is 13.5.